The molecular formula is C15H22FNO2. The summed E-state index contributed by atoms with van der Waals surface area (Å²) in [6, 6.07) is 4.97. The van der Waals surface area contributed by atoms with E-state index in [1.54, 1.807) is 25.3 Å². The molecule has 1 saturated carbocycles. The van der Waals surface area contributed by atoms with Gasteiger partial charge in [0.1, 0.15) is 0 Å². The third-order valence-corrected chi connectivity index (χ3v) is 4.24. The van der Waals surface area contributed by atoms with E-state index in [1.807, 2.05) is 0 Å². The molecule has 1 unspecified atom stereocenters. The molecule has 106 valence electrons. The first-order valence-electron chi connectivity index (χ1n) is 6.75. The summed E-state index contributed by atoms with van der Waals surface area (Å²) in [7, 11) is 3.17. The van der Waals surface area contributed by atoms with E-state index in [0.717, 1.165) is 25.7 Å². The van der Waals surface area contributed by atoms with Gasteiger partial charge in [-0.25, -0.2) is 4.39 Å². The summed E-state index contributed by atoms with van der Waals surface area (Å²) in [4.78, 5) is 0. The highest BCUT2D eigenvalue weighted by Gasteiger charge is 2.39. The van der Waals surface area contributed by atoms with Crippen LogP contribution in [0.2, 0.25) is 0 Å². The number of rotatable bonds is 5. The van der Waals surface area contributed by atoms with E-state index in [2.05, 4.69) is 0 Å². The molecule has 0 spiro atoms. The Kier molecular flexibility index (Phi) is 4.42. The van der Waals surface area contributed by atoms with Crippen LogP contribution in [0.5, 0.6) is 5.75 Å². The molecule has 1 atom stereocenters. The number of ether oxygens (including phenoxy) is 2. The van der Waals surface area contributed by atoms with Crippen molar-refractivity contribution in [3.63, 3.8) is 0 Å². The Morgan fingerprint density at radius 3 is 2.58 bits per heavy atom. The lowest BCUT2D eigenvalue weighted by molar-refractivity contribution is -0.0255. The predicted octanol–water partition coefficient (Wildman–Crippen LogP) is 2.66. The van der Waals surface area contributed by atoms with E-state index in [1.165, 1.54) is 7.11 Å². The first-order chi connectivity index (χ1) is 9.13. The van der Waals surface area contributed by atoms with Crippen LogP contribution in [0.15, 0.2) is 18.2 Å². The lowest BCUT2D eigenvalue weighted by atomic mass is 9.88. The first kappa shape index (κ1) is 14.3. The molecule has 0 bridgehead atoms. The molecule has 2 rings (SSSR count). The Balaban J connectivity index is 2.16. The molecule has 3 nitrogen and oxygen atoms in total. The van der Waals surface area contributed by atoms with Gasteiger partial charge < -0.3 is 15.2 Å². The minimum atomic E-state index is -0.315. The van der Waals surface area contributed by atoms with Crippen molar-refractivity contribution in [1.82, 2.24) is 0 Å². The van der Waals surface area contributed by atoms with Crippen LogP contribution >= 0.6 is 0 Å². The zero-order chi connectivity index (χ0) is 13.9. The highest BCUT2D eigenvalue weighted by molar-refractivity contribution is 5.32. The van der Waals surface area contributed by atoms with Crippen LogP contribution in [-0.4, -0.2) is 25.9 Å². The molecular weight excluding hydrogens is 245 g/mol. The smallest absolute Gasteiger partial charge is 0.168 e. The molecule has 1 aliphatic rings. The van der Waals surface area contributed by atoms with Crippen LogP contribution in [-0.2, 0) is 11.2 Å². The molecule has 0 radical (unpaired) electrons. The fourth-order valence-corrected chi connectivity index (χ4v) is 2.99. The van der Waals surface area contributed by atoms with Crippen LogP contribution in [0.1, 0.15) is 31.2 Å². The zero-order valence-corrected chi connectivity index (χ0v) is 11.6. The van der Waals surface area contributed by atoms with Gasteiger partial charge in [-0.3, -0.25) is 0 Å². The maximum Gasteiger partial charge on any atom is 0.168 e. The molecule has 0 amide bonds. The monoisotopic (exact) mass is 267 g/mol. The van der Waals surface area contributed by atoms with Gasteiger partial charge >= 0.3 is 0 Å². The first-order valence-corrected chi connectivity index (χ1v) is 6.75. The summed E-state index contributed by atoms with van der Waals surface area (Å²) < 4.78 is 24.8. The van der Waals surface area contributed by atoms with Gasteiger partial charge in [0.25, 0.3) is 0 Å². The lowest BCUT2D eigenvalue weighted by Gasteiger charge is -2.34. The van der Waals surface area contributed by atoms with Crippen molar-refractivity contribution >= 4 is 0 Å². The van der Waals surface area contributed by atoms with Gasteiger partial charge in [-0.15, -0.1) is 0 Å². The molecule has 0 aliphatic heterocycles. The van der Waals surface area contributed by atoms with E-state index in [4.69, 9.17) is 15.2 Å². The van der Waals surface area contributed by atoms with Crippen molar-refractivity contribution in [2.75, 3.05) is 14.2 Å². The zero-order valence-electron chi connectivity index (χ0n) is 11.6. The second kappa shape index (κ2) is 5.88. The number of benzene rings is 1. The van der Waals surface area contributed by atoms with E-state index in [0.29, 0.717) is 12.0 Å². The van der Waals surface area contributed by atoms with Crippen LogP contribution < -0.4 is 10.5 Å². The Labute approximate surface area is 113 Å². The number of hydrogen-bond acceptors (Lipinski definition) is 3. The van der Waals surface area contributed by atoms with Crippen molar-refractivity contribution in [2.45, 2.75) is 43.7 Å². The summed E-state index contributed by atoms with van der Waals surface area (Å²) in [6.45, 7) is 0. The van der Waals surface area contributed by atoms with Crippen LogP contribution in [0, 0.1) is 5.82 Å². The van der Waals surface area contributed by atoms with Gasteiger partial charge in [-0.1, -0.05) is 25.0 Å². The molecule has 1 fully saturated rings. The molecule has 0 saturated heterocycles. The summed E-state index contributed by atoms with van der Waals surface area (Å²) in [5.74, 6) is -0.0488. The molecule has 1 aliphatic carbocycles. The van der Waals surface area contributed by atoms with E-state index in [9.17, 15) is 4.39 Å². The molecule has 0 heterocycles. The maximum absolute atomic E-state index is 14.1. The fraction of sp³-hybridized carbons (Fsp3) is 0.600. The predicted molar refractivity (Wildman–Crippen MR) is 72.8 cm³/mol. The van der Waals surface area contributed by atoms with Gasteiger partial charge in [0, 0.05) is 13.2 Å². The molecule has 4 heteroatoms. The van der Waals surface area contributed by atoms with Gasteiger partial charge in [-0.2, -0.15) is 0 Å². The summed E-state index contributed by atoms with van der Waals surface area (Å²) in [5.41, 5.74) is 6.58. The van der Waals surface area contributed by atoms with Gasteiger partial charge in [0.05, 0.1) is 12.7 Å². The summed E-state index contributed by atoms with van der Waals surface area (Å²) >= 11 is 0. The Morgan fingerprint density at radius 1 is 1.32 bits per heavy atom. The van der Waals surface area contributed by atoms with Gasteiger partial charge in [0.2, 0.25) is 0 Å². The van der Waals surface area contributed by atoms with Gasteiger partial charge in [0.15, 0.2) is 11.6 Å². The number of halogens is 1. The van der Waals surface area contributed by atoms with Crippen molar-refractivity contribution in [3.8, 4) is 5.75 Å². The molecule has 1 aromatic carbocycles. The van der Waals surface area contributed by atoms with Crippen LogP contribution in [0.4, 0.5) is 4.39 Å². The third kappa shape index (κ3) is 2.74. The quantitative estimate of drug-likeness (QED) is 0.892. The molecule has 2 N–H and O–H groups in total. The molecule has 19 heavy (non-hydrogen) atoms. The third-order valence-electron chi connectivity index (χ3n) is 4.24. The maximum atomic E-state index is 14.1. The highest BCUT2D eigenvalue weighted by Crippen LogP contribution is 2.36. The topological polar surface area (TPSA) is 44.5 Å². The summed E-state index contributed by atoms with van der Waals surface area (Å²) in [5, 5.41) is 0. The van der Waals surface area contributed by atoms with Crippen LogP contribution in [0.25, 0.3) is 0 Å². The van der Waals surface area contributed by atoms with E-state index >= 15 is 0 Å². The minimum Gasteiger partial charge on any atom is -0.494 e. The second-order valence-electron chi connectivity index (χ2n) is 5.22. The standard InChI is InChI=1S/C15H22FNO2/c1-18-12-7-5-6-11(14(12)16)10-13(17)15(19-2)8-3-4-9-15/h5-7,13H,3-4,8-10,17H2,1-2H3. The van der Waals surface area contributed by atoms with Crippen molar-refractivity contribution in [1.29, 1.82) is 0 Å². The van der Waals surface area contributed by atoms with Gasteiger partial charge in [-0.05, 0) is 30.9 Å². The van der Waals surface area contributed by atoms with Crippen molar-refractivity contribution in [2.24, 2.45) is 5.73 Å². The van der Waals surface area contributed by atoms with Crippen molar-refractivity contribution in [3.05, 3.63) is 29.6 Å². The minimum absolute atomic E-state index is 0.193. The Hall–Kier alpha value is -1.13. The summed E-state index contributed by atoms with van der Waals surface area (Å²) in [6.07, 6.45) is 4.63. The van der Waals surface area contributed by atoms with Crippen molar-refractivity contribution < 1.29 is 13.9 Å². The highest BCUT2D eigenvalue weighted by atomic mass is 19.1. The fourth-order valence-electron chi connectivity index (χ4n) is 2.99. The number of methoxy groups -OCH3 is 2. The number of nitrogens with two attached hydrogens (primary N) is 1. The van der Waals surface area contributed by atoms with E-state index < -0.39 is 0 Å². The Bertz CT molecular complexity index is 430. The second-order valence-corrected chi connectivity index (χ2v) is 5.22. The normalized spacial score (nSPS) is 19.4. The van der Waals surface area contributed by atoms with E-state index in [-0.39, 0.29) is 23.2 Å². The average molecular weight is 267 g/mol. The average Bonchev–Trinajstić information content (AvgIpc) is 2.91. The lowest BCUT2D eigenvalue weighted by Crippen LogP contribution is -2.48. The van der Waals surface area contributed by atoms with Crippen LogP contribution in [0.3, 0.4) is 0 Å². The largest absolute Gasteiger partial charge is 0.494 e. The molecule has 0 aromatic heterocycles. The number of hydrogen-bond donors (Lipinski definition) is 1. The SMILES string of the molecule is COc1cccc(CC(N)C2(OC)CCCC2)c1F. The Morgan fingerprint density at radius 2 is 2.00 bits per heavy atom. The molecule has 1 aromatic rings.